The van der Waals surface area contributed by atoms with E-state index < -0.39 is 6.09 Å². The fourth-order valence-electron chi connectivity index (χ4n) is 4.49. The molecule has 0 aromatic heterocycles. The molecule has 4 rings (SSSR count). The number of nitrogens with zero attached hydrogens (tertiary/aromatic N) is 1. The predicted molar refractivity (Wildman–Crippen MR) is 126 cm³/mol. The molecule has 5 nitrogen and oxygen atoms in total. The Bertz CT molecular complexity index is 992. The van der Waals surface area contributed by atoms with Crippen molar-refractivity contribution in [2.45, 2.75) is 25.4 Å². The molecule has 32 heavy (non-hydrogen) atoms. The zero-order chi connectivity index (χ0) is 22.3. The van der Waals surface area contributed by atoms with E-state index in [2.05, 4.69) is 46.6 Å². The number of nitrogens with one attached hydrogen (secondary N) is 1. The molecule has 1 amide bonds. The topological polar surface area (TPSA) is 61.8 Å². The van der Waals surface area contributed by atoms with Crippen LogP contribution in [0.1, 0.15) is 29.5 Å². The van der Waals surface area contributed by atoms with Gasteiger partial charge in [0.25, 0.3) is 0 Å². The maximum atomic E-state index is 12.5. The highest BCUT2D eigenvalue weighted by Gasteiger charge is 2.29. The lowest BCUT2D eigenvalue weighted by Crippen LogP contribution is -2.43. The molecule has 0 aliphatic heterocycles. The molecular formula is C27H30N2O3. The highest BCUT2D eigenvalue weighted by atomic mass is 16.5. The van der Waals surface area contributed by atoms with Crippen molar-refractivity contribution in [2.75, 3.05) is 26.3 Å². The summed E-state index contributed by atoms with van der Waals surface area (Å²) in [6.07, 6.45) is -0.414. The molecule has 1 atom stereocenters. The van der Waals surface area contributed by atoms with Gasteiger partial charge in [-0.1, -0.05) is 78.9 Å². The summed E-state index contributed by atoms with van der Waals surface area (Å²) in [7, 11) is 0. The zero-order valence-electron chi connectivity index (χ0n) is 18.4. The highest BCUT2D eigenvalue weighted by molar-refractivity contribution is 5.79. The van der Waals surface area contributed by atoms with Crippen molar-refractivity contribution in [3.63, 3.8) is 0 Å². The van der Waals surface area contributed by atoms with Gasteiger partial charge in [-0.15, -0.1) is 0 Å². The van der Waals surface area contributed by atoms with Gasteiger partial charge in [0.15, 0.2) is 0 Å². The molecule has 3 aromatic rings. The molecule has 0 saturated carbocycles. The van der Waals surface area contributed by atoms with Crippen molar-refractivity contribution in [2.24, 2.45) is 0 Å². The number of fused-ring (bicyclic) bond motifs is 3. The monoisotopic (exact) mass is 430 g/mol. The summed E-state index contributed by atoms with van der Waals surface area (Å²) >= 11 is 0. The second-order valence-corrected chi connectivity index (χ2v) is 8.32. The number of benzene rings is 3. The standard InChI is InChI=1S/C27H30N2O3/c1-20(17-29(15-16-30)18-21-9-3-2-4-10-21)28-27(31)32-19-26-24-13-7-5-11-22(24)23-12-6-8-14-25(23)26/h2-14,20,26,30H,15-19H2,1H3,(H,28,31)/t20-/m0/s1. The quantitative estimate of drug-likeness (QED) is 0.528. The van der Waals surface area contributed by atoms with E-state index in [0.717, 1.165) is 6.54 Å². The molecule has 3 aromatic carbocycles. The lowest BCUT2D eigenvalue weighted by atomic mass is 9.98. The first kappa shape index (κ1) is 22.1. The molecule has 0 spiro atoms. The molecule has 0 heterocycles. The number of alkyl carbamates (subject to hydrolysis) is 1. The van der Waals surface area contributed by atoms with E-state index in [9.17, 15) is 9.90 Å². The average Bonchev–Trinajstić information content (AvgIpc) is 3.12. The summed E-state index contributed by atoms with van der Waals surface area (Å²) in [5, 5.41) is 12.4. The SMILES string of the molecule is C[C@@H](CN(CCO)Cc1ccccc1)NC(=O)OCC1c2ccccc2-c2ccccc21. The molecule has 0 unspecified atom stereocenters. The van der Waals surface area contributed by atoms with Gasteiger partial charge in [0.2, 0.25) is 0 Å². The Hall–Kier alpha value is -3.15. The third kappa shape index (κ3) is 5.18. The Morgan fingerprint density at radius 2 is 1.56 bits per heavy atom. The minimum absolute atomic E-state index is 0.0485. The van der Waals surface area contributed by atoms with Gasteiger partial charge in [-0.3, -0.25) is 4.90 Å². The largest absolute Gasteiger partial charge is 0.449 e. The third-order valence-electron chi connectivity index (χ3n) is 5.91. The molecular weight excluding hydrogens is 400 g/mol. The highest BCUT2D eigenvalue weighted by Crippen LogP contribution is 2.44. The van der Waals surface area contributed by atoms with Gasteiger partial charge in [-0.05, 0) is 34.7 Å². The molecule has 0 fully saturated rings. The number of aliphatic hydroxyl groups is 1. The zero-order valence-corrected chi connectivity index (χ0v) is 18.4. The van der Waals surface area contributed by atoms with Gasteiger partial charge >= 0.3 is 6.09 Å². The molecule has 166 valence electrons. The van der Waals surface area contributed by atoms with E-state index >= 15 is 0 Å². The van der Waals surface area contributed by atoms with Gasteiger partial charge in [0.1, 0.15) is 6.61 Å². The Balaban J connectivity index is 1.33. The maximum absolute atomic E-state index is 12.5. The fourth-order valence-corrected chi connectivity index (χ4v) is 4.49. The second kappa shape index (κ2) is 10.4. The number of rotatable bonds is 9. The molecule has 5 heteroatoms. The van der Waals surface area contributed by atoms with Crippen LogP contribution in [0.2, 0.25) is 0 Å². The number of amides is 1. The number of carbonyl (C=O) groups is 1. The van der Waals surface area contributed by atoms with Gasteiger partial charge < -0.3 is 15.2 Å². The van der Waals surface area contributed by atoms with E-state index in [1.807, 2.05) is 49.4 Å². The van der Waals surface area contributed by atoms with E-state index in [0.29, 0.717) is 19.7 Å². The summed E-state index contributed by atoms with van der Waals surface area (Å²) in [5.74, 6) is 0.0485. The Kier molecular flexibility index (Phi) is 7.20. The van der Waals surface area contributed by atoms with Crippen LogP contribution in [0.3, 0.4) is 0 Å². The minimum atomic E-state index is -0.414. The predicted octanol–water partition coefficient (Wildman–Crippen LogP) is 4.41. The van der Waals surface area contributed by atoms with E-state index in [-0.39, 0.29) is 18.6 Å². The average molecular weight is 431 g/mol. The van der Waals surface area contributed by atoms with Crippen molar-refractivity contribution in [3.05, 3.63) is 95.6 Å². The first-order valence-corrected chi connectivity index (χ1v) is 11.1. The van der Waals surface area contributed by atoms with Crippen LogP contribution in [0.25, 0.3) is 11.1 Å². The summed E-state index contributed by atoms with van der Waals surface area (Å²) in [5.41, 5.74) is 6.00. The Morgan fingerprint density at radius 3 is 2.19 bits per heavy atom. The van der Waals surface area contributed by atoms with Crippen LogP contribution in [0, 0.1) is 0 Å². The van der Waals surface area contributed by atoms with Crippen molar-refractivity contribution < 1.29 is 14.6 Å². The molecule has 0 saturated heterocycles. The Morgan fingerprint density at radius 1 is 0.969 bits per heavy atom. The van der Waals surface area contributed by atoms with Crippen LogP contribution in [-0.4, -0.2) is 48.4 Å². The van der Waals surface area contributed by atoms with Gasteiger partial charge in [0, 0.05) is 31.6 Å². The second-order valence-electron chi connectivity index (χ2n) is 8.32. The molecule has 1 aliphatic carbocycles. The summed E-state index contributed by atoms with van der Waals surface area (Å²) < 4.78 is 5.65. The van der Waals surface area contributed by atoms with Crippen LogP contribution in [-0.2, 0) is 11.3 Å². The lowest BCUT2D eigenvalue weighted by molar-refractivity contribution is 0.132. The van der Waals surface area contributed by atoms with Gasteiger partial charge in [-0.2, -0.15) is 0 Å². The van der Waals surface area contributed by atoms with Crippen molar-refractivity contribution in [1.29, 1.82) is 0 Å². The first-order chi connectivity index (χ1) is 15.7. The van der Waals surface area contributed by atoms with Gasteiger partial charge in [-0.25, -0.2) is 4.79 Å². The number of aliphatic hydroxyl groups excluding tert-OH is 1. The summed E-state index contributed by atoms with van der Waals surface area (Å²) in [6.45, 7) is 4.22. The van der Waals surface area contributed by atoms with Crippen LogP contribution in [0.5, 0.6) is 0 Å². The van der Waals surface area contributed by atoms with Crippen molar-refractivity contribution in [3.8, 4) is 11.1 Å². The van der Waals surface area contributed by atoms with Crippen molar-refractivity contribution >= 4 is 6.09 Å². The Labute approximate surface area is 189 Å². The van der Waals surface area contributed by atoms with E-state index in [1.165, 1.54) is 27.8 Å². The van der Waals surface area contributed by atoms with Gasteiger partial charge in [0.05, 0.1) is 6.61 Å². The fraction of sp³-hybridized carbons (Fsp3) is 0.296. The summed E-state index contributed by atoms with van der Waals surface area (Å²) in [6, 6.07) is 26.6. The number of ether oxygens (including phenoxy) is 1. The number of hydrogen-bond donors (Lipinski definition) is 2. The minimum Gasteiger partial charge on any atom is -0.449 e. The summed E-state index contributed by atoms with van der Waals surface area (Å²) in [4.78, 5) is 14.7. The molecule has 0 radical (unpaired) electrons. The molecule has 2 N–H and O–H groups in total. The third-order valence-corrected chi connectivity index (χ3v) is 5.91. The van der Waals surface area contributed by atoms with Crippen LogP contribution < -0.4 is 5.32 Å². The number of carbonyl (C=O) groups excluding carboxylic acids is 1. The number of hydrogen-bond acceptors (Lipinski definition) is 4. The smallest absolute Gasteiger partial charge is 0.407 e. The normalized spacial score (nSPS) is 13.5. The molecule has 0 bridgehead atoms. The van der Waals surface area contributed by atoms with Crippen LogP contribution in [0.4, 0.5) is 4.79 Å². The molecule has 1 aliphatic rings. The van der Waals surface area contributed by atoms with Crippen LogP contribution >= 0.6 is 0 Å². The maximum Gasteiger partial charge on any atom is 0.407 e. The van der Waals surface area contributed by atoms with E-state index in [1.54, 1.807) is 0 Å². The lowest BCUT2D eigenvalue weighted by Gasteiger charge is -2.25. The van der Waals surface area contributed by atoms with Crippen LogP contribution in [0.15, 0.2) is 78.9 Å². The van der Waals surface area contributed by atoms with E-state index in [4.69, 9.17) is 4.74 Å². The van der Waals surface area contributed by atoms with Crippen molar-refractivity contribution in [1.82, 2.24) is 10.2 Å². The first-order valence-electron chi connectivity index (χ1n) is 11.1.